The van der Waals surface area contributed by atoms with Crippen LogP contribution in [-0.4, -0.2) is 19.4 Å². The van der Waals surface area contributed by atoms with Crippen LogP contribution in [0.5, 0.6) is 0 Å². The van der Waals surface area contributed by atoms with Crippen molar-refractivity contribution in [3.8, 4) is 0 Å². The first-order chi connectivity index (χ1) is 3.31. The number of rotatable bonds is 3. The van der Waals surface area contributed by atoms with Crippen molar-refractivity contribution in [2.24, 2.45) is 4.99 Å². The lowest BCUT2D eigenvalue weighted by Gasteiger charge is -1.97. The Kier molecular flexibility index (Phi) is 2.92. The van der Waals surface area contributed by atoms with Gasteiger partial charge in [-0.15, -0.1) is 0 Å². The van der Waals surface area contributed by atoms with E-state index in [0.29, 0.717) is 6.47 Å². The number of hydrogen-bond donors (Lipinski definition) is 0. The van der Waals surface area contributed by atoms with Gasteiger partial charge in [0.25, 0.3) is 6.47 Å². The standard InChI is InChI=1S/C4H7NO2/c1-4(5-2)7-3-6/h3-4H,2H2,1H3. The summed E-state index contributed by atoms with van der Waals surface area (Å²) in [6, 6.07) is 0. The molecule has 3 nitrogen and oxygen atoms in total. The van der Waals surface area contributed by atoms with E-state index < -0.39 is 6.23 Å². The van der Waals surface area contributed by atoms with Crippen LogP contribution >= 0.6 is 0 Å². The van der Waals surface area contributed by atoms with Gasteiger partial charge in [-0.25, -0.2) is 0 Å². The van der Waals surface area contributed by atoms with Crippen LogP contribution in [-0.2, 0) is 9.53 Å². The van der Waals surface area contributed by atoms with Gasteiger partial charge in [-0.3, -0.25) is 9.79 Å². The van der Waals surface area contributed by atoms with Gasteiger partial charge in [0.05, 0.1) is 0 Å². The fourth-order valence-corrected chi connectivity index (χ4v) is 0.123. The molecule has 1 atom stereocenters. The Labute approximate surface area is 42.0 Å². The Morgan fingerprint density at radius 1 is 2.00 bits per heavy atom. The molecule has 0 saturated carbocycles. The number of nitrogens with zero attached hydrogens (tertiary/aromatic N) is 1. The largest absolute Gasteiger partial charge is 0.442 e. The molecule has 0 saturated heterocycles. The summed E-state index contributed by atoms with van der Waals surface area (Å²) in [4.78, 5) is 12.8. The summed E-state index contributed by atoms with van der Waals surface area (Å²) in [6.07, 6.45) is -0.405. The van der Waals surface area contributed by atoms with Gasteiger partial charge in [0.15, 0.2) is 6.23 Å². The molecule has 40 valence electrons. The third-order valence-corrected chi connectivity index (χ3v) is 0.510. The van der Waals surface area contributed by atoms with Crippen LogP contribution in [0.4, 0.5) is 0 Å². The van der Waals surface area contributed by atoms with E-state index in [-0.39, 0.29) is 0 Å². The van der Waals surface area contributed by atoms with Crippen LogP contribution in [0.3, 0.4) is 0 Å². The van der Waals surface area contributed by atoms with Gasteiger partial charge < -0.3 is 4.74 Å². The number of carbonyl (C=O) groups excluding carboxylic acids is 1. The molecule has 3 heteroatoms. The van der Waals surface area contributed by atoms with E-state index in [9.17, 15) is 4.79 Å². The van der Waals surface area contributed by atoms with Crippen LogP contribution in [0, 0.1) is 0 Å². The van der Waals surface area contributed by atoms with Gasteiger partial charge in [-0.2, -0.15) is 0 Å². The van der Waals surface area contributed by atoms with E-state index in [1.54, 1.807) is 6.92 Å². The molecular formula is C4H7NO2. The lowest BCUT2D eigenvalue weighted by atomic mass is 10.7. The molecule has 0 heterocycles. The van der Waals surface area contributed by atoms with Gasteiger partial charge in [-0.1, -0.05) is 0 Å². The van der Waals surface area contributed by atoms with Crippen LogP contribution < -0.4 is 0 Å². The van der Waals surface area contributed by atoms with Gasteiger partial charge in [0.2, 0.25) is 0 Å². The number of ether oxygens (including phenoxy) is 1. The third-order valence-electron chi connectivity index (χ3n) is 0.510. The predicted molar refractivity (Wildman–Crippen MR) is 26.2 cm³/mol. The highest BCUT2D eigenvalue weighted by Crippen LogP contribution is 1.83. The lowest BCUT2D eigenvalue weighted by molar-refractivity contribution is -0.132. The normalized spacial score (nSPS) is 12.1. The van der Waals surface area contributed by atoms with E-state index in [0.717, 1.165) is 0 Å². The molecule has 0 aromatic rings. The molecular weight excluding hydrogens is 94.0 g/mol. The summed E-state index contributed by atoms with van der Waals surface area (Å²) in [5, 5.41) is 0. The molecule has 0 aromatic carbocycles. The molecule has 0 radical (unpaired) electrons. The molecule has 0 bridgehead atoms. The maximum absolute atomic E-state index is 9.46. The highest BCUT2D eigenvalue weighted by molar-refractivity contribution is 5.37. The second-order valence-electron chi connectivity index (χ2n) is 1.01. The first-order valence-corrected chi connectivity index (χ1v) is 1.86. The third kappa shape index (κ3) is 2.96. The van der Waals surface area contributed by atoms with Crippen LogP contribution in [0.15, 0.2) is 4.99 Å². The first kappa shape index (κ1) is 6.14. The topological polar surface area (TPSA) is 38.7 Å². The Balaban J connectivity index is 3.15. The number of hydrogen-bond acceptors (Lipinski definition) is 3. The van der Waals surface area contributed by atoms with Crippen LogP contribution in [0.25, 0.3) is 0 Å². The second kappa shape index (κ2) is 3.33. The van der Waals surface area contributed by atoms with Gasteiger partial charge in [0.1, 0.15) is 0 Å². The highest BCUT2D eigenvalue weighted by atomic mass is 16.5. The average Bonchev–Trinajstić information content (AvgIpc) is 1.68. The van der Waals surface area contributed by atoms with Crippen LogP contribution in [0.2, 0.25) is 0 Å². The van der Waals surface area contributed by atoms with Crippen molar-refractivity contribution in [2.75, 3.05) is 0 Å². The Morgan fingerprint density at radius 3 is 2.71 bits per heavy atom. The molecule has 0 aliphatic rings. The summed E-state index contributed by atoms with van der Waals surface area (Å²) in [7, 11) is 0. The zero-order chi connectivity index (χ0) is 5.70. The SMILES string of the molecule is C=NC(C)OC=O. The van der Waals surface area contributed by atoms with E-state index in [2.05, 4.69) is 16.4 Å². The van der Waals surface area contributed by atoms with Crippen molar-refractivity contribution in [3.63, 3.8) is 0 Å². The summed E-state index contributed by atoms with van der Waals surface area (Å²) in [6.45, 7) is 5.12. The molecule has 0 N–H and O–H groups in total. The fourth-order valence-electron chi connectivity index (χ4n) is 0.123. The summed E-state index contributed by atoms with van der Waals surface area (Å²) in [5.41, 5.74) is 0. The summed E-state index contributed by atoms with van der Waals surface area (Å²) in [5.74, 6) is 0. The molecule has 0 fully saturated rings. The van der Waals surface area contributed by atoms with E-state index >= 15 is 0 Å². The van der Waals surface area contributed by atoms with Crippen LogP contribution in [0.1, 0.15) is 6.92 Å². The Morgan fingerprint density at radius 2 is 2.57 bits per heavy atom. The zero-order valence-corrected chi connectivity index (χ0v) is 4.13. The average molecular weight is 101 g/mol. The molecule has 0 spiro atoms. The lowest BCUT2D eigenvalue weighted by Crippen LogP contribution is -2.00. The molecule has 0 aromatic heterocycles. The molecule has 7 heavy (non-hydrogen) atoms. The van der Waals surface area contributed by atoms with Crippen molar-refractivity contribution in [1.82, 2.24) is 0 Å². The van der Waals surface area contributed by atoms with Crippen molar-refractivity contribution < 1.29 is 9.53 Å². The minimum absolute atomic E-state index is 0.347. The minimum atomic E-state index is -0.405. The van der Waals surface area contributed by atoms with Crippen molar-refractivity contribution in [2.45, 2.75) is 13.2 Å². The monoisotopic (exact) mass is 101 g/mol. The molecule has 1 unspecified atom stereocenters. The van der Waals surface area contributed by atoms with Gasteiger partial charge in [-0.05, 0) is 13.6 Å². The fraction of sp³-hybridized carbons (Fsp3) is 0.500. The predicted octanol–water partition coefficient (Wildman–Crippen LogP) is 0.206. The van der Waals surface area contributed by atoms with Crippen molar-refractivity contribution in [1.29, 1.82) is 0 Å². The Hall–Kier alpha value is -0.860. The number of aliphatic imine (C=N–C) groups is 1. The molecule has 0 amide bonds. The molecule has 0 aliphatic heterocycles. The zero-order valence-electron chi connectivity index (χ0n) is 4.13. The second-order valence-corrected chi connectivity index (χ2v) is 1.01. The number of carbonyl (C=O) groups is 1. The molecule has 0 rings (SSSR count). The van der Waals surface area contributed by atoms with Gasteiger partial charge >= 0.3 is 0 Å². The summed E-state index contributed by atoms with van der Waals surface area (Å²) < 4.78 is 4.28. The minimum Gasteiger partial charge on any atom is -0.442 e. The first-order valence-electron chi connectivity index (χ1n) is 1.86. The Bertz CT molecular complexity index is 72.1. The van der Waals surface area contributed by atoms with E-state index in [4.69, 9.17) is 0 Å². The quantitative estimate of drug-likeness (QED) is 0.376. The van der Waals surface area contributed by atoms with E-state index in [1.807, 2.05) is 0 Å². The van der Waals surface area contributed by atoms with Crippen molar-refractivity contribution >= 4 is 13.2 Å². The van der Waals surface area contributed by atoms with E-state index in [1.165, 1.54) is 0 Å². The molecule has 0 aliphatic carbocycles. The van der Waals surface area contributed by atoms with Crippen molar-refractivity contribution in [3.05, 3.63) is 0 Å². The maximum Gasteiger partial charge on any atom is 0.295 e. The highest BCUT2D eigenvalue weighted by Gasteiger charge is 1.88. The van der Waals surface area contributed by atoms with Gasteiger partial charge in [0, 0.05) is 0 Å². The maximum atomic E-state index is 9.46. The smallest absolute Gasteiger partial charge is 0.295 e. The summed E-state index contributed by atoms with van der Waals surface area (Å²) >= 11 is 0.